The molecule has 0 unspecified atom stereocenters. The van der Waals surface area contributed by atoms with Crippen molar-refractivity contribution in [3.8, 4) is 0 Å². The van der Waals surface area contributed by atoms with E-state index in [1.807, 2.05) is 4.68 Å². The van der Waals surface area contributed by atoms with Crippen molar-refractivity contribution in [1.82, 2.24) is 29.9 Å². The average Bonchev–Trinajstić information content (AvgIpc) is 3.20. The van der Waals surface area contributed by atoms with E-state index < -0.39 is 0 Å². The second kappa shape index (κ2) is 6.85. The van der Waals surface area contributed by atoms with Gasteiger partial charge in [-0.25, -0.2) is 9.67 Å². The smallest absolute Gasteiger partial charge is 0.164 e. The summed E-state index contributed by atoms with van der Waals surface area (Å²) >= 11 is 0. The zero-order valence-corrected chi connectivity index (χ0v) is 12.7. The number of aromatic nitrogens is 5. The van der Waals surface area contributed by atoms with Crippen molar-refractivity contribution < 1.29 is 0 Å². The van der Waals surface area contributed by atoms with Gasteiger partial charge in [-0.2, -0.15) is 10.2 Å². The van der Waals surface area contributed by atoms with Crippen molar-refractivity contribution in [2.45, 2.75) is 58.2 Å². The zero-order valence-electron chi connectivity index (χ0n) is 12.7. The predicted octanol–water partition coefficient (Wildman–Crippen LogP) is 2.14. The van der Waals surface area contributed by atoms with Gasteiger partial charge in [0.25, 0.3) is 0 Å². The minimum atomic E-state index is 0.600. The Hall–Kier alpha value is -1.69. The van der Waals surface area contributed by atoms with Gasteiger partial charge in [-0.3, -0.25) is 4.68 Å². The molecule has 0 spiro atoms. The lowest BCUT2D eigenvalue weighted by molar-refractivity contribution is 0.460. The van der Waals surface area contributed by atoms with Gasteiger partial charge in [0.1, 0.15) is 6.33 Å². The van der Waals surface area contributed by atoms with Gasteiger partial charge in [0.2, 0.25) is 0 Å². The van der Waals surface area contributed by atoms with Gasteiger partial charge in [-0.05, 0) is 31.9 Å². The van der Waals surface area contributed by atoms with Gasteiger partial charge < -0.3 is 5.32 Å². The Labute approximate surface area is 125 Å². The van der Waals surface area contributed by atoms with E-state index in [2.05, 4.69) is 44.4 Å². The molecular formula is C15H24N6. The summed E-state index contributed by atoms with van der Waals surface area (Å²) in [5.41, 5.74) is 1.06. The first kappa shape index (κ1) is 14.3. The molecule has 2 aromatic heterocycles. The van der Waals surface area contributed by atoms with E-state index in [9.17, 15) is 0 Å². The molecule has 1 saturated carbocycles. The van der Waals surface area contributed by atoms with Crippen molar-refractivity contribution in [1.29, 1.82) is 0 Å². The molecule has 6 heteroatoms. The van der Waals surface area contributed by atoms with Crippen LogP contribution < -0.4 is 5.32 Å². The largest absolute Gasteiger partial charge is 0.310 e. The molecule has 0 atom stereocenters. The molecule has 1 aliphatic rings. The minimum Gasteiger partial charge on any atom is -0.310 e. The molecule has 0 aromatic carbocycles. The first-order valence-electron chi connectivity index (χ1n) is 7.98. The number of hydrogen-bond acceptors (Lipinski definition) is 4. The van der Waals surface area contributed by atoms with Gasteiger partial charge in [0.15, 0.2) is 5.82 Å². The van der Waals surface area contributed by atoms with Crippen LogP contribution >= 0.6 is 0 Å². The van der Waals surface area contributed by atoms with Crippen LogP contribution in [0.15, 0.2) is 18.6 Å². The third-order valence-corrected chi connectivity index (χ3v) is 3.98. The molecular weight excluding hydrogens is 264 g/mol. The molecule has 1 fully saturated rings. The average molecular weight is 288 g/mol. The van der Waals surface area contributed by atoms with E-state index in [1.165, 1.54) is 25.7 Å². The highest BCUT2D eigenvalue weighted by molar-refractivity contribution is 5.01. The van der Waals surface area contributed by atoms with E-state index >= 15 is 0 Å². The molecule has 2 heterocycles. The highest BCUT2D eigenvalue weighted by atomic mass is 15.4. The van der Waals surface area contributed by atoms with Crippen LogP contribution in [0.4, 0.5) is 0 Å². The minimum absolute atomic E-state index is 0.600. The van der Waals surface area contributed by atoms with Gasteiger partial charge in [-0.15, -0.1) is 0 Å². The van der Waals surface area contributed by atoms with E-state index in [0.29, 0.717) is 12.6 Å². The molecule has 21 heavy (non-hydrogen) atoms. The van der Waals surface area contributed by atoms with E-state index in [1.54, 1.807) is 6.33 Å². The number of nitrogens with zero attached hydrogens (tertiary/aromatic N) is 5. The summed E-state index contributed by atoms with van der Waals surface area (Å²) in [6.07, 6.45) is 10.2. The van der Waals surface area contributed by atoms with Crippen molar-refractivity contribution in [2.75, 3.05) is 6.54 Å². The molecule has 1 N–H and O–H groups in total. The van der Waals surface area contributed by atoms with Gasteiger partial charge in [0.05, 0.1) is 24.8 Å². The molecule has 0 bridgehead atoms. The van der Waals surface area contributed by atoms with Crippen LogP contribution in [0.5, 0.6) is 0 Å². The van der Waals surface area contributed by atoms with E-state index in [4.69, 9.17) is 0 Å². The molecule has 6 nitrogen and oxygen atoms in total. The molecule has 0 amide bonds. The van der Waals surface area contributed by atoms with Crippen LogP contribution in [0.1, 0.15) is 56.6 Å². The second-order valence-electron chi connectivity index (χ2n) is 5.76. The maximum absolute atomic E-state index is 4.68. The summed E-state index contributed by atoms with van der Waals surface area (Å²) in [7, 11) is 0. The standard InChI is InChI=1S/C15H24N6/c1-2-8-16-10-15-17-12-20(19-15)11-13-7-9-21(18-13)14-5-3-4-6-14/h7,9,12,14,16H,2-6,8,10-11H2,1H3. The Morgan fingerprint density at radius 1 is 1.29 bits per heavy atom. The lowest BCUT2D eigenvalue weighted by Gasteiger charge is -2.08. The Morgan fingerprint density at radius 3 is 2.95 bits per heavy atom. The number of rotatable bonds is 7. The molecule has 0 aliphatic heterocycles. The summed E-state index contributed by atoms with van der Waals surface area (Å²) in [5, 5.41) is 12.5. The molecule has 2 aromatic rings. The summed E-state index contributed by atoms with van der Waals surface area (Å²) < 4.78 is 3.99. The highest BCUT2D eigenvalue weighted by Crippen LogP contribution is 2.28. The van der Waals surface area contributed by atoms with Crippen LogP contribution in [-0.4, -0.2) is 31.1 Å². The van der Waals surface area contributed by atoms with Crippen molar-refractivity contribution >= 4 is 0 Å². The lowest BCUT2D eigenvalue weighted by Crippen LogP contribution is -2.15. The Morgan fingerprint density at radius 2 is 2.14 bits per heavy atom. The molecule has 1 aliphatic carbocycles. The quantitative estimate of drug-likeness (QED) is 0.793. The third-order valence-electron chi connectivity index (χ3n) is 3.98. The number of nitrogens with one attached hydrogen (secondary N) is 1. The van der Waals surface area contributed by atoms with Crippen LogP contribution in [0.2, 0.25) is 0 Å². The summed E-state index contributed by atoms with van der Waals surface area (Å²) in [4.78, 5) is 4.32. The highest BCUT2D eigenvalue weighted by Gasteiger charge is 2.17. The molecule has 3 rings (SSSR count). The van der Waals surface area contributed by atoms with Crippen LogP contribution in [0.3, 0.4) is 0 Å². The molecule has 0 saturated heterocycles. The van der Waals surface area contributed by atoms with Crippen molar-refractivity contribution in [3.05, 3.63) is 30.1 Å². The fourth-order valence-electron chi connectivity index (χ4n) is 2.87. The topological polar surface area (TPSA) is 60.6 Å². The maximum atomic E-state index is 4.68. The predicted molar refractivity (Wildman–Crippen MR) is 80.9 cm³/mol. The van der Waals surface area contributed by atoms with Crippen molar-refractivity contribution in [2.24, 2.45) is 0 Å². The van der Waals surface area contributed by atoms with Gasteiger partial charge in [0, 0.05) is 6.20 Å². The third kappa shape index (κ3) is 3.69. The van der Waals surface area contributed by atoms with Crippen LogP contribution in [0.25, 0.3) is 0 Å². The van der Waals surface area contributed by atoms with Crippen molar-refractivity contribution in [3.63, 3.8) is 0 Å². The zero-order chi connectivity index (χ0) is 14.5. The Kier molecular flexibility index (Phi) is 4.65. The van der Waals surface area contributed by atoms with Crippen LogP contribution in [0, 0.1) is 0 Å². The van der Waals surface area contributed by atoms with Gasteiger partial charge >= 0.3 is 0 Å². The normalized spacial score (nSPS) is 15.9. The first-order chi connectivity index (χ1) is 10.3. The fourth-order valence-corrected chi connectivity index (χ4v) is 2.87. The van der Waals surface area contributed by atoms with Gasteiger partial charge in [-0.1, -0.05) is 19.8 Å². The van der Waals surface area contributed by atoms with Crippen LogP contribution in [-0.2, 0) is 13.1 Å². The molecule has 0 radical (unpaired) electrons. The molecule has 114 valence electrons. The second-order valence-corrected chi connectivity index (χ2v) is 5.76. The Balaban J connectivity index is 1.56. The summed E-state index contributed by atoms with van der Waals surface area (Å²) in [6.45, 7) is 4.58. The monoisotopic (exact) mass is 288 g/mol. The summed E-state index contributed by atoms with van der Waals surface area (Å²) in [6, 6.07) is 2.69. The lowest BCUT2D eigenvalue weighted by atomic mass is 10.3. The summed E-state index contributed by atoms with van der Waals surface area (Å²) in [5.74, 6) is 0.846. The SMILES string of the molecule is CCCNCc1ncn(Cc2ccn(C3CCCC3)n2)n1. The maximum Gasteiger partial charge on any atom is 0.164 e. The van der Waals surface area contributed by atoms with E-state index in [0.717, 1.165) is 31.0 Å². The Bertz CT molecular complexity index is 552. The van der Waals surface area contributed by atoms with E-state index in [-0.39, 0.29) is 0 Å². The fraction of sp³-hybridized carbons (Fsp3) is 0.667. The number of hydrogen-bond donors (Lipinski definition) is 1. The first-order valence-corrected chi connectivity index (χ1v) is 7.98.